The van der Waals surface area contributed by atoms with Crippen LogP contribution in [0.2, 0.25) is 0 Å². The highest BCUT2D eigenvalue weighted by Crippen LogP contribution is 2.34. The molecule has 0 heterocycles. The summed E-state index contributed by atoms with van der Waals surface area (Å²) in [6.45, 7) is 0. The second-order valence-electron chi connectivity index (χ2n) is 4.09. The Labute approximate surface area is 124 Å². The van der Waals surface area contributed by atoms with E-state index in [9.17, 15) is 26.7 Å². The molecule has 2 aromatic carbocycles. The number of rotatable bonds is 2. The predicted octanol–water partition coefficient (Wildman–Crippen LogP) is 4.98. The van der Waals surface area contributed by atoms with Crippen molar-refractivity contribution in [2.45, 2.75) is 6.18 Å². The van der Waals surface area contributed by atoms with Crippen LogP contribution >= 0.6 is 15.9 Å². The van der Waals surface area contributed by atoms with Crippen LogP contribution in [0.4, 0.5) is 22.0 Å². The van der Waals surface area contributed by atoms with E-state index in [1.807, 2.05) is 0 Å². The molecule has 7 heteroatoms. The molecule has 2 aromatic rings. The van der Waals surface area contributed by atoms with E-state index >= 15 is 0 Å². The van der Waals surface area contributed by atoms with Gasteiger partial charge in [0.2, 0.25) is 0 Å². The molecular formula is C14H6BrF5O. The predicted molar refractivity (Wildman–Crippen MR) is 68.9 cm³/mol. The molecule has 0 bridgehead atoms. The Hall–Kier alpha value is -1.76. The monoisotopic (exact) mass is 364 g/mol. The van der Waals surface area contributed by atoms with Crippen LogP contribution in [0.3, 0.4) is 0 Å². The van der Waals surface area contributed by atoms with E-state index in [4.69, 9.17) is 0 Å². The van der Waals surface area contributed by atoms with Crippen molar-refractivity contribution < 1.29 is 26.7 Å². The van der Waals surface area contributed by atoms with Gasteiger partial charge in [0, 0.05) is 5.56 Å². The zero-order chi connectivity index (χ0) is 15.8. The molecular weight excluding hydrogens is 359 g/mol. The molecule has 0 aliphatic carbocycles. The first-order valence-electron chi connectivity index (χ1n) is 5.58. The minimum Gasteiger partial charge on any atom is -0.288 e. The lowest BCUT2D eigenvalue weighted by Gasteiger charge is -2.12. The molecule has 0 saturated carbocycles. The van der Waals surface area contributed by atoms with Crippen LogP contribution in [-0.2, 0) is 6.18 Å². The van der Waals surface area contributed by atoms with Crippen LogP contribution in [0.1, 0.15) is 21.5 Å². The van der Waals surface area contributed by atoms with Crippen molar-refractivity contribution in [3.05, 3.63) is 69.2 Å². The molecule has 21 heavy (non-hydrogen) atoms. The summed E-state index contributed by atoms with van der Waals surface area (Å²) < 4.78 is 65.8. The molecule has 0 unspecified atom stereocenters. The van der Waals surface area contributed by atoms with E-state index in [0.29, 0.717) is 6.07 Å². The number of alkyl halides is 3. The van der Waals surface area contributed by atoms with Gasteiger partial charge in [-0.2, -0.15) is 13.2 Å². The van der Waals surface area contributed by atoms with Crippen molar-refractivity contribution >= 4 is 21.7 Å². The zero-order valence-corrected chi connectivity index (χ0v) is 11.7. The van der Waals surface area contributed by atoms with Crippen molar-refractivity contribution in [3.8, 4) is 0 Å². The topological polar surface area (TPSA) is 17.1 Å². The van der Waals surface area contributed by atoms with Crippen molar-refractivity contribution in [2.24, 2.45) is 0 Å². The Morgan fingerprint density at radius 1 is 1.00 bits per heavy atom. The van der Waals surface area contributed by atoms with E-state index in [2.05, 4.69) is 15.9 Å². The van der Waals surface area contributed by atoms with E-state index in [1.54, 1.807) is 0 Å². The first-order valence-corrected chi connectivity index (χ1v) is 6.37. The van der Waals surface area contributed by atoms with Crippen LogP contribution in [-0.4, -0.2) is 5.78 Å². The minimum atomic E-state index is -4.80. The standard InChI is InChI=1S/C14H6BrF5O/c15-9-5-6-10(16)11(12(9)17)13(21)7-3-1-2-4-8(7)14(18,19)20/h1-6H. The summed E-state index contributed by atoms with van der Waals surface area (Å²) in [5.74, 6) is -3.83. The number of halogens is 6. The summed E-state index contributed by atoms with van der Waals surface area (Å²) in [5.41, 5.74) is -3.07. The van der Waals surface area contributed by atoms with E-state index in [-0.39, 0.29) is 4.47 Å². The third kappa shape index (κ3) is 2.97. The van der Waals surface area contributed by atoms with Gasteiger partial charge in [0.25, 0.3) is 0 Å². The summed E-state index contributed by atoms with van der Waals surface area (Å²) in [6.07, 6.45) is -4.80. The molecule has 0 fully saturated rings. The lowest BCUT2D eigenvalue weighted by Crippen LogP contribution is -2.16. The molecule has 0 N–H and O–H groups in total. The van der Waals surface area contributed by atoms with E-state index < -0.39 is 40.3 Å². The maximum atomic E-state index is 13.8. The van der Waals surface area contributed by atoms with Gasteiger partial charge in [-0.25, -0.2) is 8.78 Å². The third-order valence-electron chi connectivity index (χ3n) is 2.75. The second-order valence-corrected chi connectivity index (χ2v) is 4.94. The van der Waals surface area contributed by atoms with Crippen LogP contribution < -0.4 is 0 Å². The molecule has 0 spiro atoms. The Balaban J connectivity index is 2.65. The van der Waals surface area contributed by atoms with Crippen molar-refractivity contribution in [1.29, 1.82) is 0 Å². The molecule has 110 valence electrons. The van der Waals surface area contributed by atoms with E-state index in [0.717, 1.165) is 24.3 Å². The molecule has 0 aromatic heterocycles. The van der Waals surface area contributed by atoms with Gasteiger partial charge in [0.05, 0.1) is 15.6 Å². The summed E-state index contributed by atoms with van der Waals surface area (Å²) in [5, 5.41) is 0. The second kappa shape index (κ2) is 5.55. The maximum Gasteiger partial charge on any atom is 0.417 e. The van der Waals surface area contributed by atoms with Crippen LogP contribution in [0.25, 0.3) is 0 Å². The fourth-order valence-electron chi connectivity index (χ4n) is 1.80. The molecule has 0 saturated heterocycles. The van der Waals surface area contributed by atoms with Crippen LogP contribution in [0.15, 0.2) is 40.9 Å². The average Bonchev–Trinajstić information content (AvgIpc) is 2.42. The highest BCUT2D eigenvalue weighted by Gasteiger charge is 2.36. The normalized spacial score (nSPS) is 11.5. The van der Waals surface area contributed by atoms with Gasteiger partial charge < -0.3 is 0 Å². The molecule has 0 aliphatic rings. The fourth-order valence-corrected chi connectivity index (χ4v) is 2.13. The molecule has 2 rings (SSSR count). The summed E-state index contributed by atoms with van der Waals surface area (Å²) in [4.78, 5) is 12.1. The lowest BCUT2D eigenvalue weighted by atomic mass is 9.97. The molecule has 0 atom stereocenters. The first-order chi connectivity index (χ1) is 9.73. The van der Waals surface area contributed by atoms with Gasteiger partial charge in [-0.05, 0) is 34.1 Å². The minimum absolute atomic E-state index is 0.211. The number of hydrogen-bond acceptors (Lipinski definition) is 1. The van der Waals surface area contributed by atoms with Gasteiger partial charge in [-0.15, -0.1) is 0 Å². The first kappa shape index (κ1) is 15.6. The summed E-state index contributed by atoms with van der Waals surface area (Å²) in [7, 11) is 0. The van der Waals surface area contributed by atoms with Crippen molar-refractivity contribution in [1.82, 2.24) is 0 Å². The molecule has 0 aliphatic heterocycles. The van der Waals surface area contributed by atoms with Gasteiger partial charge in [0.1, 0.15) is 5.82 Å². The van der Waals surface area contributed by atoms with Crippen molar-refractivity contribution in [3.63, 3.8) is 0 Å². The smallest absolute Gasteiger partial charge is 0.288 e. The lowest BCUT2D eigenvalue weighted by molar-refractivity contribution is -0.137. The van der Waals surface area contributed by atoms with Gasteiger partial charge in [-0.1, -0.05) is 18.2 Å². The molecule has 0 radical (unpaired) electrons. The number of benzene rings is 2. The van der Waals surface area contributed by atoms with Crippen molar-refractivity contribution in [2.75, 3.05) is 0 Å². The van der Waals surface area contributed by atoms with Gasteiger partial charge in [-0.3, -0.25) is 4.79 Å². The fraction of sp³-hybridized carbons (Fsp3) is 0.0714. The maximum absolute atomic E-state index is 13.8. The number of carbonyl (C=O) groups excluding carboxylic acids is 1. The largest absolute Gasteiger partial charge is 0.417 e. The SMILES string of the molecule is O=C(c1ccccc1C(F)(F)F)c1c(F)ccc(Br)c1F. The highest BCUT2D eigenvalue weighted by atomic mass is 79.9. The molecule has 1 nitrogen and oxygen atoms in total. The van der Waals surface area contributed by atoms with E-state index in [1.165, 1.54) is 6.07 Å². The summed E-state index contributed by atoms with van der Waals surface area (Å²) in [6, 6.07) is 5.67. The van der Waals surface area contributed by atoms with Crippen LogP contribution in [0, 0.1) is 11.6 Å². The highest BCUT2D eigenvalue weighted by molar-refractivity contribution is 9.10. The number of carbonyl (C=O) groups is 1. The Bertz CT molecular complexity index is 709. The Kier molecular flexibility index (Phi) is 4.13. The number of ketones is 1. The summed E-state index contributed by atoms with van der Waals surface area (Å²) >= 11 is 2.76. The zero-order valence-electron chi connectivity index (χ0n) is 10.1. The van der Waals surface area contributed by atoms with Gasteiger partial charge in [0.15, 0.2) is 11.6 Å². The Morgan fingerprint density at radius 2 is 1.62 bits per heavy atom. The van der Waals surface area contributed by atoms with Crippen LogP contribution in [0.5, 0.6) is 0 Å². The Morgan fingerprint density at radius 3 is 2.24 bits per heavy atom. The molecule has 0 amide bonds. The van der Waals surface area contributed by atoms with Gasteiger partial charge >= 0.3 is 6.18 Å². The quantitative estimate of drug-likeness (QED) is 0.417. The third-order valence-corrected chi connectivity index (χ3v) is 3.36. The number of hydrogen-bond donors (Lipinski definition) is 0. The average molecular weight is 365 g/mol.